The van der Waals surface area contributed by atoms with Crippen LogP contribution in [-0.2, 0) is 0 Å². The maximum absolute atomic E-state index is 13.4. The second-order valence-corrected chi connectivity index (χ2v) is 5.11. The molecule has 3 nitrogen and oxygen atoms in total. The molecule has 90 valence electrons. The highest BCUT2D eigenvalue weighted by Gasteiger charge is 2.39. The first-order valence-corrected chi connectivity index (χ1v) is 5.56. The minimum Gasteiger partial charge on any atom is -0.390 e. The van der Waals surface area contributed by atoms with E-state index in [1.54, 1.807) is 0 Å². The average molecular weight is 234 g/mol. The van der Waals surface area contributed by atoms with Crippen molar-refractivity contribution in [3.8, 4) is 6.07 Å². The van der Waals surface area contributed by atoms with E-state index in [9.17, 15) is 9.50 Å². The Bertz CT molecular complexity index is 505. The van der Waals surface area contributed by atoms with Gasteiger partial charge < -0.3 is 10.4 Å². The lowest BCUT2D eigenvalue weighted by molar-refractivity contribution is 0.0867. The van der Waals surface area contributed by atoms with E-state index in [1.165, 1.54) is 12.1 Å². The minimum absolute atomic E-state index is 0.198. The number of aliphatic hydroxyl groups excluding tert-OH is 1. The Morgan fingerprint density at radius 2 is 2.12 bits per heavy atom. The number of halogens is 1. The summed E-state index contributed by atoms with van der Waals surface area (Å²) in [5.41, 5.74) is 1.05. The van der Waals surface area contributed by atoms with Crippen LogP contribution in [0.5, 0.6) is 0 Å². The first-order valence-electron chi connectivity index (χ1n) is 5.56. The van der Waals surface area contributed by atoms with E-state index in [2.05, 4.69) is 5.32 Å². The molecule has 0 bridgehead atoms. The molecule has 2 atom stereocenters. The second kappa shape index (κ2) is 3.71. The van der Waals surface area contributed by atoms with E-state index in [4.69, 9.17) is 5.26 Å². The molecule has 0 saturated carbocycles. The molecule has 0 saturated heterocycles. The summed E-state index contributed by atoms with van der Waals surface area (Å²) >= 11 is 0. The number of hydrogen-bond acceptors (Lipinski definition) is 3. The third-order valence-corrected chi connectivity index (χ3v) is 3.39. The number of anilines is 1. The molecule has 1 aromatic carbocycles. The number of nitrogens with zero attached hydrogens (tertiary/aromatic N) is 1. The lowest BCUT2D eigenvalue weighted by atomic mass is 9.77. The maximum Gasteiger partial charge on any atom is 0.126 e. The minimum atomic E-state index is -0.618. The van der Waals surface area contributed by atoms with Gasteiger partial charge in [-0.2, -0.15) is 5.26 Å². The first-order chi connectivity index (χ1) is 7.86. The number of fused-ring (bicyclic) bond motifs is 1. The predicted octanol–water partition coefficient (Wildman–Crippen LogP) is 2.37. The molecular weight excluding hydrogens is 219 g/mol. The van der Waals surface area contributed by atoms with Crippen LogP contribution in [-0.4, -0.2) is 16.7 Å². The van der Waals surface area contributed by atoms with Gasteiger partial charge >= 0.3 is 0 Å². The van der Waals surface area contributed by atoms with Crippen LogP contribution in [0.2, 0.25) is 0 Å². The highest BCUT2D eigenvalue weighted by atomic mass is 19.1. The molecule has 1 unspecified atom stereocenters. The van der Waals surface area contributed by atoms with Gasteiger partial charge in [0.05, 0.1) is 23.3 Å². The van der Waals surface area contributed by atoms with Crippen molar-refractivity contribution in [2.24, 2.45) is 0 Å². The molecule has 1 aromatic rings. The molecule has 1 aliphatic heterocycles. The van der Waals surface area contributed by atoms with Gasteiger partial charge in [0.25, 0.3) is 0 Å². The van der Waals surface area contributed by atoms with Crippen molar-refractivity contribution in [1.82, 2.24) is 0 Å². The lowest BCUT2D eigenvalue weighted by Crippen LogP contribution is -2.50. The van der Waals surface area contributed by atoms with Gasteiger partial charge in [0.1, 0.15) is 5.82 Å². The SMILES string of the molecule is C[C@H]1c2c(C#N)cc(F)cc2NC(C)(C)C1O. The molecule has 0 aliphatic carbocycles. The van der Waals surface area contributed by atoms with Crippen LogP contribution in [0.15, 0.2) is 12.1 Å². The zero-order valence-corrected chi connectivity index (χ0v) is 10.1. The van der Waals surface area contributed by atoms with Crippen LogP contribution < -0.4 is 5.32 Å². The number of aliphatic hydroxyl groups is 1. The second-order valence-electron chi connectivity index (χ2n) is 5.11. The summed E-state index contributed by atoms with van der Waals surface area (Å²) in [6, 6.07) is 4.57. The zero-order valence-electron chi connectivity index (χ0n) is 10.1. The fourth-order valence-electron chi connectivity index (χ4n) is 2.51. The Labute approximate surface area is 99.9 Å². The van der Waals surface area contributed by atoms with Crippen molar-refractivity contribution < 1.29 is 9.50 Å². The van der Waals surface area contributed by atoms with Crippen molar-refractivity contribution in [3.63, 3.8) is 0 Å². The Kier molecular flexibility index (Phi) is 2.59. The predicted molar refractivity (Wildman–Crippen MR) is 63.2 cm³/mol. The van der Waals surface area contributed by atoms with Crippen LogP contribution in [0.4, 0.5) is 10.1 Å². The monoisotopic (exact) mass is 234 g/mol. The molecule has 0 radical (unpaired) electrons. The van der Waals surface area contributed by atoms with Gasteiger partial charge in [0.15, 0.2) is 0 Å². The van der Waals surface area contributed by atoms with Crippen LogP contribution in [0.25, 0.3) is 0 Å². The summed E-state index contributed by atoms with van der Waals surface area (Å²) in [6.07, 6.45) is -0.618. The molecular formula is C13H15FN2O. The third-order valence-electron chi connectivity index (χ3n) is 3.39. The third kappa shape index (κ3) is 1.77. The summed E-state index contributed by atoms with van der Waals surface area (Å²) in [7, 11) is 0. The molecule has 0 amide bonds. The van der Waals surface area contributed by atoms with E-state index in [0.717, 1.165) is 0 Å². The molecule has 1 aliphatic rings. The Morgan fingerprint density at radius 3 is 2.71 bits per heavy atom. The van der Waals surface area contributed by atoms with E-state index in [-0.39, 0.29) is 11.5 Å². The van der Waals surface area contributed by atoms with Crippen molar-refractivity contribution in [2.45, 2.75) is 38.3 Å². The van der Waals surface area contributed by atoms with Crippen molar-refractivity contribution >= 4 is 5.69 Å². The zero-order chi connectivity index (χ0) is 12.8. The van der Waals surface area contributed by atoms with Gasteiger partial charge in [-0.25, -0.2) is 4.39 Å². The Hall–Kier alpha value is -1.60. The normalized spacial score (nSPS) is 25.6. The molecule has 0 aromatic heterocycles. The highest BCUT2D eigenvalue weighted by Crippen LogP contribution is 2.40. The fourth-order valence-corrected chi connectivity index (χ4v) is 2.51. The number of benzene rings is 1. The number of nitriles is 1. The summed E-state index contributed by atoms with van der Waals surface area (Å²) in [6.45, 7) is 5.56. The molecule has 0 fully saturated rings. The summed E-state index contributed by atoms with van der Waals surface area (Å²) < 4.78 is 13.4. The molecule has 17 heavy (non-hydrogen) atoms. The summed E-state index contributed by atoms with van der Waals surface area (Å²) in [5, 5.41) is 22.3. The first kappa shape index (κ1) is 11.9. The van der Waals surface area contributed by atoms with Crippen molar-refractivity contribution in [1.29, 1.82) is 5.26 Å². The average Bonchev–Trinajstić information content (AvgIpc) is 2.24. The van der Waals surface area contributed by atoms with Crippen LogP contribution in [0.3, 0.4) is 0 Å². The quantitative estimate of drug-likeness (QED) is 0.724. The van der Waals surface area contributed by atoms with Gasteiger partial charge in [-0.3, -0.25) is 0 Å². The Balaban J connectivity index is 2.65. The summed E-state index contributed by atoms with van der Waals surface area (Å²) in [4.78, 5) is 0. The lowest BCUT2D eigenvalue weighted by Gasteiger charge is -2.42. The van der Waals surface area contributed by atoms with Crippen molar-refractivity contribution in [3.05, 3.63) is 29.1 Å². The van der Waals surface area contributed by atoms with Gasteiger partial charge in [-0.05, 0) is 31.5 Å². The van der Waals surface area contributed by atoms with E-state index in [1.807, 2.05) is 26.8 Å². The van der Waals surface area contributed by atoms with Crippen LogP contribution in [0, 0.1) is 17.1 Å². The topological polar surface area (TPSA) is 56.0 Å². The van der Waals surface area contributed by atoms with E-state index in [0.29, 0.717) is 11.3 Å². The van der Waals surface area contributed by atoms with Gasteiger partial charge in [0, 0.05) is 11.6 Å². The smallest absolute Gasteiger partial charge is 0.126 e. The van der Waals surface area contributed by atoms with E-state index >= 15 is 0 Å². The van der Waals surface area contributed by atoms with Gasteiger partial charge in [-0.1, -0.05) is 6.92 Å². The molecule has 2 rings (SSSR count). The molecule has 1 heterocycles. The van der Waals surface area contributed by atoms with Crippen LogP contribution >= 0.6 is 0 Å². The maximum atomic E-state index is 13.4. The van der Waals surface area contributed by atoms with Crippen molar-refractivity contribution in [2.75, 3.05) is 5.32 Å². The largest absolute Gasteiger partial charge is 0.390 e. The summed E-state index contributed by atoms with van der Waals surface area (Å²) in [5.74, 6) is -0.635. The standard InChI is InChI=1S/C13H15FN2O/c1-7-11-8(6-15)4-9(14)5-10(11)16-13(2,3)12(7)17/h4-5,7,12,16-17H,1-3H3/t7-,12?/m0/s1. The molecule has 0 spiro atoms. The molecule has 4 heteroatoms. The fraction of sp³-hybridized carbons (Fsp3) is 0.462. The van der Waals surface area contributed by atoms with E-state index < -0.39 is 17.5 Å². The van der Waals surface area contributed by atoms with Crippen LogP contribution in [0.1, 0.15) is 37.8 Å². The number of nitrogens with one attached hydrogen (secondary N) is 1. The Morgan fingerprint density at radius 1 is 1.47 bits per heavy atom. The number of hydrogen-bond donors (Lipinski definition) is 2. The van der Waals surface area contributed by atoms with Gasteiger partial charge in [-0.15, -0.1) is 0 Å². The van der Waals surface area contributed by atoms with Gasteiger partial charge in [0.2, 0.25) is 0 Å². The molecule has 2 N–H and O–H groups in total. The number of rotatable bonds is 0. The highest BCUT2D eigenvalue weighted by molar-refractivity contribution is 5.63.